The fraction of sp³-hybridized carbons (Fsp3) is 0.308. The van der Waals surface area contributed by atoms with Gasteiger partial charge in [-0.1, -0.05) is 12.1 Å². The van der Waals surface area contributed by atoms with E-state index in [9.17, 15) is 12.8 Å². The fourth-order valence-electron chi connectivity index (χ4n) is 1.96. The first-order valence-electron chi connectivity index (χ1n) is 6.31. The number of hydrogen-bond donors (Lipinski definition) is 2. The molecule has 0 radical (unpaired) electrons. The van der Waals surface area contributed by atoms with E-state index in [1.54, 1.807) is 6.07 Å². The first-order chi connectivity index (χ1) is 9.71. The van der Waals surface area contributed by atoms with Crippen LogP contribution in [-0.2, 0) is 9.84 Å². The summed E-state index contributed by atoms with van der Waals surface area (Å²) in [5, 5.41) is 7.03. The zero-order valence-electron chi connectivity index (χ0n) is 12.0. The average Bonchev–Trinajstić information content (AvgIpc) is 2.65. The summed E-state index contributed by atoms with van der Waals surface area (Å²) < 4.78 is 38.8. The number of nitrogens with one attached hydrogen (secondary N) is 1. The first-order valence-corrected chi connectivity index (χ1v) is 8.21. The van der Waals surface area contributed by atoms with Gasteiger partial charge in [0.25, 0.3) is 0 Å². The molecule has 2 aromatic rings. The largest absolute Gasteiger partial charge is 0.382 e. The van der Waals surface area contributed by atoms with E-state index in [4.69, 9.17) is 5.73 Å². The molecule has 8 heteroatoms. The zero-order chi connectivity index (χ0) is 15.8. The van der Waals surface area contributed by atoms with Gasteiger partial charge in [-0.15, -0.1) is 5.10 Å². The fourth-order valence-corrected chi connectivity index (χ4v) is 2.87. The van der Waals surface area contributed by atoms with Crippen molar-refractivity contribution in [3.05, 3.63) is 30.1 Å². The third-order valence-corrected chi connectivity index (χ3v) is 3.90. The van der Waals surface area contributed by atoms with Crippen LogP contribution in [0.4, 0.5) is 16.0 Å². The van der Waals surface area contributed by atoms with E-state index in [0.717, 1.165) is 10.9 Å². The van der Waals surface area contributed by atoms with Gasteiger partial charge in [0.15, 0.2) is 20.6 Å². The second-order valence-corrected chi connectivity index (χ2v) is 6.95. The van der Waals surface area contributed by atoms with Crippen molar-refractivity contribution in [3.63, 3.8) is 0 Å². The molecule has 0 aliphatic heterocycles. The number of sulfone groups is 1. The van der Waals surface area contributed by atoms with E-state index in [1.807, 2.05) is 13.8 Å². The van der Waals surface area contributed by atoms with Crippen molar-refractivity contribution in [1.82, 2.24) is 9.78 Å². The molecule has 0 saturated heterocycles. The minimum absolute atomic E-state index is 0.0473. The SMILES string of the molecule is CC(C)Nc1nn(-c2ccccc2F)c(N)c1S(C)(=O)=O. The normalized spacial score (nSPS) is 11.9. The topological polar surface area (TPSA) is 90.0 Å². The van der Waals surface area contributed by atoms with Gasteiger partial charge in [0, 0.05) is 12.3 Å². The molecule has 0 unspecified atom stereocenters. The van der Waals surface area contributed by atoms with E-state index >= 15 is 0 Å². The van der Waals surface area contributed by atoms with Gasteiger partial charge in [0.05, 0.1) is 0 Å². The Kier molecular flexibility index (Phi) is 3.91. The number of para-hydroxylation sites is 1. The Hall–Kier alpha value is -2.09. The molecule has 0 bridgehead atoms. The number of nitrogen functional groups attached to an aromatic ring is 1. The van der Waals surface area contributed by atoms with Gasteiger partial charge in [0.1, 0.15) is 17.3 Å². The predicted octanol–water partition coefficient (Wildman–Crippen LogP) is 1.82. The Balaban J connectivity index is 2.71. The molecule has 1 heterocycles. The van der Waals surface area contributed by atoms with Crippen molar-refractivity contribution >= 4 is 21.5 Å². The van der Waals surface area contributed by atoms with Crippen molar-refractivity contribution in [2.45, 2.75) is 24.8 Å². The quantitative estimate of drug-likeness (QED) is 0.898. The van der Waals surface area contributed by atoms with Crippen LogP contribution in [0.15, 0.2) is 29.2 Å². The zero-order valence-corrected chi connectivity index (χ0v) is 12.8. The number of aromatic nitrogens is 2. The number of rotatable bonds is 4. The summed E-state index contributed by atoms with van der Waals surface area (Å²) in [5.41, 5.74) is 5.98. The van der Waals surface area contributed by atoms with Crippen molar-refractivity contribution < 1.29 is 12.8 Å². The predicted molar refractivity (Wildman–Crippen MR) is 79.8 cm³/mol. The van der Waals surface area contributed by atoms with E-state index in [0.29, 0.717) is 0 Å². The lowest BCUT2D eigenvalue weighted by Gasteiger charge is -2.07. The molecular weight excluding hydrogens is 295 g/mol. The second kappa shape index (κ2) is 5.36. The molecule has 1 aromatic carbocycles. The van der Waals surface area contributed by atoms with Crippen LogP contribution in [0.1, 0.15) is 13.8 Å². The lowest BCUT2D eigenvalue weighted by atomic mass is 10.3. The molecule has 0 aliphatic rings. The van der Waals surface area contributed by atoms with E-state index in [-0.39, 0.29) is 28.3 Å². The average molecular weight is 312 g/mol. The number of anilines is 2. The Bertz CT molecular complexity index is 768. The summed E-state index contributed by atoms with van der Waals surface area (Å²) in [6.07, 6.45) is 1.04. The molecule has 114 valence electrons. The first kappa shape index (κ1) is 15.3. The number of halogens is 1. The van der Waals surface area contributed by atoms with Gasteiger partial charge in [-0.25, -0.2) is 17.5 Å². The molecule has 6 nitrogen and oxygen atoms in total. The van der Waals surface area contributed by atoms with Gasteiger partial charge in [0.2, 0.25) is 0 Å². The summed E-state index contributed by atoms with van der Waals surface area (Å²) in [7, 11) is -3.60. The molecular formula is C13H17FN4O2S. The van der Waals surface area contributed by atoms with E-state index < -0.39 is 15.7 Å². The summed E-state index contributed by atoms with van der Waals surface area (Å²) in [5.74, 6) is -0.540. The third kappa shape index (κ3) is 2.99. The maximum Gasteiger partial charge on any atom is 0.182 e. The molecule has 0 saturated carbocycles. The van der Waals surface area contributed by atoms with Gasteiger partial charge in [-0.3, -0.25) is 0 Å². The molecule has 0 amide bonds. The van der Waals surface area contributed by atoms with Crippen LogP contribution in [0.3, 0.4) is 0 Å². The minimum atomic E-state index is -3.60. The van der Waals surface area contributed by atoms with Crippen LogP contribution in [0, 0.1) is 5.82 Å². The third-order valence-electron chi connectivity index (χ3n) is 2.75. The molecule has 1 aromatic heterocycles. The van der Waals surface area contributed by atoms with E-state index in [2.05, 4.69) is 10.4 Å². The van der Waals surface area contributed by atoms with Crippen LogP contribution in [-0.4, -0.2) is 30.5 Å². The molecule has 2 rings (SSSR count). The van der Waals surface area contributed by atoms with Crippen molar-refractivity contribution in [2.75, 3.05) is 17.3 Å². The highest BCUT2D eigenvalue weighted by Crippen LogP contribution is 2.30. The van der Waals surface area contributed by atoms with Crippen LogP contribution in [0.2, 0.25) is 0 Å². The van der Waals surface area contributed by atoms with Gasteiger partial charge in [-0.05, 0) is 26.0 Å². The Labute approximate surface area is 122 Å². The molecule has 0 atom stereocenters. The van der Waals surface area contributed by atoms with Gasteiger partial charge >= 0.3 is 0 Å². The van der Waals surface area contributed by atoms with Gasteiger partial charge < -0.3 is 11.1 Å². The molecule has 0 fully saturated rings. The molecule has 21 heavy (non-hydrogen) atoms. The maximum atomic E-state index is 13.9. The van der Waals surface area contributed by atoms with Crippen LogP contribution < -0.4 is 11.1 Å². The van der Waals surface area contributed by atoms with Crippen LogP contribution in [0.5, 0.6) is 0 Å². The highest BCUT2D eigenvalue weighted by atomic mass is 32.2. The smallest absolute Gasteiger partial charge is 0.182 e. The Morgan fingerprint density at radius 3 is 2.48 bits per heavy atom. The summed E-state index contributed by atoms with van der Waals surface area (Å²) in [6, 6.07) is 5.84. The summed E-state index contributed by atoms with van der Waals surface area (Å²) >= 11 is 0. The summed E-state index contributed by atoms with van der Waals surface area (Å²) in [6.45, 7) is 3.68. The Morgan fingerprint density at radius 2 is 1.95 bits per heavy atom. The highest BCUT2D eigenvalue weighted by Gasteiger charge is 2.26. The monoisotopic (exact) mass is 312 g/mol. The van der Waals surface area contributed by atoms with Gasteiger partial charge in [-0.2, -0.15) is 0 Å². The maximum absolute atomic E-state index is 13.9. The van der Waals surface area contributed by atoms with Crippen LogP contribution in [0.25, 0.3) is 5.69 Å². The molecule has 3 N–H and O–H groups in total. The van der Waals surface area contributed by atoms with Crippen molar-refractivity contribution in [3.8, 4) is 5.69 Å². The van der Waals surface area contributed by atoms with Crippen LogP contribution >= 0.6 is 0 Å². The van der Waals surface area contributed by atoms with E-state index in [1.165, 1.54) is 18.2 Å². The second-order valence-electron chi connectivity index (χ2n) is 5.00. The van der Waals surface area contributed by atoms with Crippen molar-refractivity contribution in [1.29, 1.82) is 0 Å². The highest BCUT2D eigenvalue weighted by molar-refractivity contribution is 7.91. The number of hydrogen-bond acceptors (Lipinski definition) is 5. The minimum Gasteiger partial charge on any atom is -0.382 e. The summed E-state index contributed by atoms with van der Waals surface area (Å²) in [4.78, 5) is -0.126. The standard InChI is InChI=1S/C13H17FN4O2S/c1-8(2)16-13-11(21(3,19)20)12(15)18(17-13)10-7-5-4-6-9(10)14/h4-8H,15H2,1-3H3,(H,16,17). The lowest BCUT2D eigenvalue weighted by molar-refractivity contribution is 0.602. The molecule has 0 aliphatic carbocycles. The van der Waals surface area contributed by atoms with Crippen molar-refractivity contribution in [2.24, 2.45) is 0 Å². The number of benzene rings is 1. The lowest BCUT2D eigenvalue weighted by Crippen LogP contribution is -2.13. The number of nitrogens with two attached hydrogens (primary N) is 1. The Morgan fingerprint density at radius 1 is 1.33 bits per heavy atom. The molecule has 0 spiro atoms. The number of nitrogens with zero attached hydrogens (tertiary/aromatic N) is 2.